The molecule has 1 N–H and O–H groups in total. The van der Waals surface area contributed by atoms with Crippen molar-refractivity contribution in [1.29, 1.82) is 0 Å². The first-order valence-corrected chi connectivity index (χ1v) is 4.12. The van der Waals surface area contributed by atoms with Crippen LogP contribution in [0.3, 0.4) is 0 Å². The first-order valence-electron chi connectivity index (χ1n) is 4.12. The van der Waals surface area contributed by atoms with Gasteiger partial charge in [-0.05, 0) is 18.9 Å². The minimum absolute atomic E-state index is 0.0799. The number of rotatable bonds is 1. The fraction of sp³-hybridized carbons (Fsp3) is 1.00. The molecule has 0 radical (unpaired) electrons. The molecule has 1 saturated heterocycles. The van der Waals surface area contributed by atoms with Crippen LogP contribution in [0.1, 0.15) is 20.3 Å². The highest BCUT2D eigenvalue weighted by Crippen LogP contribution is 2.15. The van der Waals surface area contributed by atoms with Crippen LogP contribution in [0.15, 0.2) is 0 Å². The van der Waals surface area contributed by atoms with E-state index < -0.39 is 0 Å². The Morgan fingerprint density at radius 2 is 2.20 bits per heavy atom. The normalized spacial score (nSPS) is 36.3. The lowest BCUT2D eigenvalue weighted by molar-refractivity contribution is 0.0476. The van der Waals surface area contributed by atoms with Gasteiger partial charge in [0.2, 0.25) is 0 Å². The van der Waals surface area contributed by atoms with Crippen LogP contribution in [0.5, 0.6) is 0 Å². The Morgan fingerprint density at radius 1 is 1.50 bits per heavy atom. The minimum atomic E-state index is -0.0799. The second-order valence-corrected chi connectivity index (χ2v) is 3.35. The van der Waals surface area contributed by atoms with Gasteiger partial charge < -0.3 is 10.0 Å². The number of aliphatic hydroxyl groups is 1. The van der Waals surface area contributed by atoms with E-state index in [0.29, 0.717) is 5.92 Å². The Labute approximate surface area is 62.8 Å². The van der Waals surface area contributed by atoms with Gasteiger partial charge in [-0.1, -0.05) is 13.8 Å². The molecule has 0 aromatic heterocycles. The van der Waals surface area contributed by atoms with Gasteiger partial charge in [0, 0.05) is 13.1 Å². The first kappa shape index (κ1) is 8.02. The smallest absolute Gasteiger partial charge is 0.0670 e. The highest BCUT2D eigenvalue weighted by molar-refractivity contribution is 4.75. The van der Waals surface area contributed by atoms with Crippen molar-refractivity contribution in [3.8, 4) is 0 Å². The Kier molecular flexibility index (Phi) is 2.69. The van der Waals surface area contributed by atoms with Crippen LogP contribution in [0, 0.1) is 5.92 Å². The third kappa shape index (κ3) is 1.96. The molecule has 0 saturated carbocycles. The lowest BCUT2D eigenvalue weighted by Gasteiger charge is -2.33. The van der Waals surface area contributed by atoms with Gasteiger partial charge in [0.05, 0.1) is 6.10 Å². The minimum Gasteiger partial charge on any atom is -0.392 e. The zero-order chi connectivity index (χ0) is 7.56. The van der Waals surface area contributed by atoms with E-state index in [-0.39, 0.29) is 6.10 Å². The molecule has 1 aliphatic rings. The second kappa shape index (κ2) is 3.35. The van der Waals surface area contributed by atoms with Crippen molar-refractivity contribution in [2.45, 2.75) is 26.4 Å². The monoisotopic (exact) mass is 143 g/mol. The van der Waals surface area contributed by atoms with Gasteiger partial charge in [-0.15, -0.1) is 0 Å². The predicted molar refractivity (Wildman–Crippen MR) is 41.9 cm³/mol. The molecule has 0 spiro atoms. The van der Waals surface area contributed by atoms with E-state index in [0.717, 1.165) is 26.1 Å². The van der Waals surface area contributed by atoms with Crippen LogP contribution < -0.4 is 0 Å². The molecular formula is C8H17NO. The van der Waals surface area contributed by atoms with Crippen molar-refractivity contribution >= 4 is 0 Å². The van der Waals surface area contributed by atoms with E-state index in [4.69, 9.17) is 0 Å². The first-order chi connectivity index (χ1) is 4.72. The summed E-state index contributed by atoms with van der Waals surface area (Å²) in [5.74, 6) is 0.670. The lowest BCUT2D eigenvalue weighted by atomic mass is 9.98. The molecule has 0 aliphatic carbocycles. The lowest BCUT2D eigenvalue weighted by Crippen LogP contribution is -2.41. The number of likely N-dealkylation sites (tertiary alicyclic amines) is 1. The number of hydrogen-bond acceptors (Lipinski definition) is 2. The maximum Gasteiger partial charge on any atom is 0.0670 e. The van der Waals surface area contributed by atoms with E-state index >= 15 is 0 Å². The number of aliphatic hydroxyl groups excluding tert-OH is 1. The molecule has 2 atom stereocenters. The summed E-state index contributed by atoms with van der Waals surface area (Å²) in [5, 5.41) is 9.34. The average Bonchev–Trinajstić information content (AvgIpc) is 1.85. The third-order valence-electron chi connectivity index (χ3n) is 2.16. The van der Waals surface area contributed by atoms with Crippen molar-refractivity contribution in [3.63, 3.8) is 0 Å². The van der Waals surface area contributed by atoms with E-state index in [9.17, 15) is 5.11 Å². The predicted octanol–water partition coefficient (Wildman–Crippen LogP) is 0.709. The van der Waals surface area contributed by atoms with Crippen LogP contribution in [0.25, 0.3) is 0 Å². The Morgan fingerprint density at radius 3 is 2.70 bits per heavy atom. The number of piperidine rings is 1. The van der Waals surface area contributed by atoms with Crippen molar-refractivity contribution in [1.82, 2.24) is 4.90 Å². The quantitative estimate of drug-likeness (QED) is 0.584. The summed E-state index contributed by atoms with van der Waals surface area (Å²) in [6.45, 7) is 7.45. The summed E-state index contributed by atoms with van der Waals surface area (Å²) in [4.78, 5) is 2.30. The summed E-state index contributed by atoms with van der Waals surface area (Å²) in [7, 11) is 0. The van der Waals surface area contributed by atoms with Crippen LogP contribution in [0.2, 0.25) is 0 Å². The maximum atomic E-state index is 9.34. The van der Waals surface area contributed by atoms with Crippen molar-refractivity contribution in [3.05, 3.63) is 0 Å². The van der Waals surface area contributed by atoms with Gasteiger partial charge in [-0.3, -0.25) is 0 Å². The third-order valence-corrected chi connectivity index (χ3v) is 2.16. The zero-order valence-electron chi connectivity index (χ0n) is 6.88. The number of likely N-dealkylation sites (N-methyl/N-ethyl adjacent to an activating group) is 1. The molecule has 0 bridgehead atoms. The molecule has 2 nitrogen and oxygen atoms in total. The average molecular weight is 143 g/mol. The Bertz CT molecular complexity index is 95.4. The van der Waals surface area contributed by atoms with Crippen LogP contribution in [-0.4, -0.2) is 35.7 Å². The zero-order valence-corrected chi connectivity index (χ0v) is 6.88. The summed E-state index contributed by atoms with van der Waals surface area (Å²) in [6.07, 6.45) is 0.903. The summed E-state index contributed by atoms with van der Waals surface area (Å²) >= 11 is 0. The molecule has 10 heavy (non-hydrogen) atoms. The maximum absolute atomic E-state index is 9.34. The Balaban J connectivity index is 2.35. The summed E-state index contributed by atoms with van der Waals surface area (Å²) < 4.78 is 0. The molecule has 0 amide bonds. The topological polar surface area (TPSA) is 23.5 Å². The van der Waals surface area contributed by atoms with E-state index in [1.54, 1.807) is 0 Å². The largest absolute Gasteiger partial charge is 0.392 e. The summed E-state index contributed by atoms with van der Waals surface area (Å²) in [6, 6.07) is 0. The van der Waals surface area contributed by atoms with Crippen molar-refractivity contribution in [2.75, 3.05) is 19.6 Å². The van der Waals surface area contributed by atoms with Crippen LogP contribution in [-0.2, 0) is 0 Å². The number of nitrogens with zero attached hydrogens (tertiary/aromatic N) is 1. The molecule has 0 unspecified atom stereocenters. The number of β-amino-alcohol motifs (C(OH)–C–C–N with tert-alkyl or cyclic N) is 1. The van der Waals surface area contributed by atoms with Gasteiger partial charge in [0.25, 0.3) is 0 Å². The van der Waals surface area contributed by atoms with Gasteiger partial charge in [-0.2, -0.15) is 0 Å². The highest BCUT2D eigenvalue weighted by Gasteiger charge is 2.21. The fourth-order valence-corrected chi connectivity index (χ4v) is 1.69. The standard InChI is InChI=1S/C8H17NO/c1-3-9-5-7(2)4-8(10)6-9/h7-8,10H,3-6H2,1-2H3/t7-,8+/m1/s1. The van der Waals surface area contributed by atoms with Gasteiger partial charge in [0.15, 0.2) is 0 Å². The molecule has 2 heteroatoms. The van der Waals surface area contributed by atoms with Crippen LogP contribution in [0.4, 0.5) is 0 Å². The summed E-state index contributed by atoms with van der Waals surface area (Å²) in [5.41, 5.74) is 0. The molecule has 0 aromatic rings. The van der Waals surface area contributed by atoms with Crippen LogP contribution >= 0.6 is 0 Å². The molecule has 1 aliphatic heterocycles. The fourth-order valence-electron chi connectivity index (χ4n) is 1.69. The van der Waals surface area contributed by atoms with Crippen molar-refractivity contribution < 1.29 is 5.11 Å². The van der Waals surface area contributed by atoms with E-state index in [1.807, 2.05) is 0 Å². The van der Waals surface area contributed by atoms with Gasteiger partial charge >= 0.3 is 0 Å². The highest BCUT2D eigenvalue weighted by atomic mass is 16.3. The Hall–Kier alpha value is -0.0800. The number of hydrogen-bond donors (Lipinski definition) is 1. The van der Waals surface area contributed by atoms with Gasteiger partial charge in [0.1, 0.15) is 0 Å². The molecule has 60 valence electrons. The molecule has 1 fully saturated rings. The molecule has 0 aromatic carbocycles. The van der Waals surface area contributed by atoms with E-state index in [2.05, 4.69) is 18.7 Å². The second-order valence-electron chi connectivity index (χ2n) is 3.35. The van der Waals surface area contributed by atoms with Gasteiger partial charge in [-0.25, -0.2) is 0 Å². The van der Waals surface area contributed by atoms with Crippen molar-refractivity contribution in [2.24, 2.45) is 5.92 Å². The SMILES string of the molecule is CCN1C[C@H](C)C[C@H](O)C1. The molecular weight excluding hydrogens is 126 g/mol. The molecule has 1 heterocycles. The van der Waals surface area contributed by atoms with E-state index in [1.165, 1.54) is 0 Å². The molecule has 1 rings (SSSR count).